The number of primary amides is 1. The van der Waals surface area contributed by atoms with E-state index >= 15 is 0 Å². The minimum absolute atomic E-state index is 0.0629. The quantitative estimate of drug-likeness (QED) is 0.770. The predicted molar refractivity (Wildman–Crippen MR) is 48.0 cm³/mol. The molecule has 0 aliphatic heterocycles. The molecule has 0 atom stereocenters. The van der Waals surface area contributed by atoms with Gasteiger partial charge in [-0.1, -0.05) is 0 Å². The Morgan fingerprint density at radius 3 is 3.00 bits per heavy atom. The van der Waals surface area contributed by atoms with Crippen LogP contribution in [0.25, 0.3) is 0 Å². The highest BCUT2D eigenvalue weighted by Crippen LogP contribution is 2.15. The van der Waals surface area contributed by atoms with E-state index in [0.717, 1.165) is 0 Å². The van der Waals surface area contributed by atoms with Gasteiger partial charge in [0.1, 0.15) is 0 Å². The van der Waals surface area contributed by atoms with Gasteiger partial charge in [-0.2, -0.15) is 0 Å². The highest BCUT2D eigenvalue weighted by molar-refractivity contribution is 5.75. The van der Waals surface area contributed by atoms with Crippen molar-refractivity contribution in [1.82, 2.24) is 4.98 Å². The molecule has 1 rings (SSSR count). The second-order valence-corrected chi connectivity index (χ2v) is 2.63. The number of halogens is 1. The summed E-state index contributed by atoms with van der Waals surface area (Å²) in [7, 11) is 1.33. The van der Waals surface area contributed by atoms with E-state index in [1.807, 2.05) is 0 Å². The largest absolute Gasteiger partial charge is 0.479 e. The van der Waals surface area contributed by atoms with Gasteiger partial charge in [0, 0.05) is 19.0 Å². The number of ether oxygens (including phenoxy) is 1. The number of aromatic nitrogens is 1. The van der Waals surface area contributed by atoms with Crippen molar-refractivity contribution < 1.29 is 13.9 Å². The summed E-state index contributed by atoms with van der Waals surface area (Å²) < 4.78 is 17.7. The molecular weight excluding hydrogens is 187 g/mol. The second-order valence-electron chi connectivity index (χ2n) is 2.63. The number of hydrogen-bond donors (Lipinski definition) is 1. The number of carbonyl (C=O) groups is 1. The SMILES string of the molecule is COc1ncc([CH]CC(N)=O)cc1F. The van der Waals surface area contributed by atoms with E-state index < -0.39 is 11.7 Å². The van der Waals surface area contributed by atoms with Gasteiger partial charge in [-0.3, -0.25) is 4.79 Å². The number of rotatable bonds is 4. The third kappa shape index (κ3) is 2.69. The monoisotopic (exact) mass is 197 g/mol. The maximum absolute atomic E-state index is 13.1. The summed E-state index contributed by atoms with van der Waals surface area (Å²) in [5, 5.41) is 0. The number of nitrogens with two attached hydrogens (primary N) is 1. The van der Waals surface area contributed by atoms with Crippen molar-refractivity contribution in [1.29, 1.82) is 0 Å². The highest BCUT2D eigenvalue weighted by Gasteiger charge is 2.05. The molecule has 1 aromatic rings. The second kappa shape index (κ2) is 4.55. The number of methoxy groups -OCH3 is 1. The first-order valence-corrected chi connectivity index (χ1v) is 3.94. The Balaban J connectivity index is 2.71. The Morgan fingerprint density at radius 1 is 1.79 bits per heavy atom. The summed E-state index contributed by atoms with van der Waals surface area (Å²) in [5.74, 6) is -1.10. The zero-order chi connectivity index (χ0) is 10.6. The zero-order valence-electron chi connectivity index (χ0n) is 7.66. The molecule has 1 heterocycles. The van der Waals surface area contributed by atoms with Crippen LogP contribution in [-0.4, -0.2) is 18.0 Å². The molecule has 4 nitrogen and oxygen atoms in total. The molecule has 0 bridgehead atoms. The maximum atomic E-state index is 13.1. The van der Waals surface area contributed by atoms with Crippen molar-refractivity contribution >= 4 is 5.91 Å². The summed E-state index contributed by atoms with van der Waals surface area (Å²) in [4.78, 5) is 14.1. The van der Waals surface area contributed by atoms with Gasteiger partial charge in [-0.25, -0.2) is 9.37 Å². The Morgan fingerprint density at radius 2 is 2.50 bits per heavy atom. The molecule has 5 heteroatoms. The lowest BCUT2D eigenvalue weighted by Crippen LogP contribution is -2.10. The van der Waals surface area contributed by atoms with E-state index in [1.165, 1.54) is 25.8 Å². The fourth-order valence-electron chi connectivity index (χ4n) is 0.920. The first kappa shape index (κ1) is 10.4. The van der Waals surface area contributed by atoms with Crippen LogP contribution in [0.1, 0.15) is 12.0 Å². The van der Waals surface area contributed by atoms with Crippen LogP contribution in [0.3, 0.4) is 0 Å². The average Bonchev–Trinajstić information content (AvgIpc) is 2.15. The van der Waals surface area contributed by atoms with Crippen LogP contribution in [-0.2, 0) is 4.79 Å². The number of carbonyl (C=O) groups excluding carboxylic acids is 1. The maximum Gasteiger partial charge on any atom is 0.250 e. The minimum atomic E-state index is -0.564. The van der Waals surface area contributed by atoms with Crippen molar-refractivity contribution in [3.8, 4) is 5.88 Å². The molecule has 75 valence electrons. The van der Waals surface area contributed by atoms with Gasteiger partial charge in [0.25, 0.3) is 0 Å². The smallest absolute Gasteiger partial charge is 0.250 e. The molecule has 0 saturated heterocycles. The normalized spacial score (nSPS) is 9.86. The summed E-state index contributed by atoms with van der Waals surface area (Å²) >= 11 is 0. The third-order valence-corrected chi connectivity index (χ3v) is 1.56. The van der Waals surface area contributed by atoms with E-state index in [-0.39, 0.29) is 12.3 Å². The average molecular weight is 197 g/mol. The van der Waals surface area contributed by atoms with Gasteiger partial charge in [0.15, 0.2) is 5.82 Å². The summed E-state index contributed by atoms with van der Waals surface area (Å²) in [6.45, 7) is 0. The molecule has 0 saturated carbocycles. The lowest BCUT2D eigenvalue weighted by atomic mass is 10.1. The van der Waals surface area contributed by atoms with Crippen LogP contribution in [0.4, 0.5) is 4.39 Å². The van der Waals surface area contributed by atoms with Gasteiger partial charge in [-0.05, 0) is 11.6 Å². The topological polar surface area (TPSA) is 65.2 Å². The third-order valence-electron chi connectivity index (χ3n) is 1.56. The number of hydrogen-bond acceptors (Lipinski definition) is 3. The number of nitrogens with zero attached hydrogens (tertiary/aromatic N) is 1. The van der Waals surface area contributed by atoms with E-state index in [1.54, 1.807) is 0 Å². The summed E-state index contributed by atoms with van der Waals surface area (Å²) in [6, 6.07) is 1.23. The van der Waals surface area contributed by atoms with E-state index in [9.17, 15) is 9.18 Å². The number of pyridine rings is 1. The van der Waals surface area contributed by atoms with Gasteiger partial charge in [0.2, 0.25) is 11.8 Å². The fraction of sp³-hybridized carbons (Fsp3) is 0.222. The molecular formula is C9H10FN2O2. The minimum Gasteiger partial charge on any atom is -0.479 e. The molecule has 0 unspecified atom stereocenters. The zero-order valence-corrected chi connectivity index (χ0v) is 7.66. The lowest BCUT2D eigenvalue weighted by Gasteiger charge is -2.02. The molecule has 0 spiro atoms. The highest BCUT2D eigenvalue weighted by atomic mass is 19.1. The van der Waals surface area contributed by atoms with E-state index in [4.69, 9.17) is 5.73 Å². The van der Waals surface area contributed by atoms with Crippen molar-refractivity contribution in [2.24, 2.45) is 5.73 Å². The van der Waals surface area contributed by atoms with Crippen LogP contribution in [0, 0.1) is 12.2 Å². The molecule has 0 aliphatic carbocycles. The lowest BCUT2D eigenvalue weighted by molar-refractivity contribution is -0.117. The standard InChI is InChI=1S/C9H10FN2O2/c1-14-9-7(10)4-6(5-12-9)2-3-8(11)13/h2,4-5H,3H2,1H3,(H2,11,13). The van der Waals surface area contributed by atoms with Crippen molar-refractivity contribution in [2.75, 3.05) is 7.11 Å². The Hall–Kier alpha value is -1.65. The van der Waals surface area contributed by atoms with Crippen LogP contribution < -0.4 is 10.5 Å². The molecule has 1 aromatic heterocycles. The van der Waals surface area contributed by atoms with Crippen molar-refractivity contribution in [2.45, 2.75) is 6.42 Å². The van der Waals surface area contributed by atoms with E-state index in [0.29, 0.717) is 5.56 Å². The van der Waals surface area contributed by atoms with Gasteiger partial charge in [-0.15, -0.1) is 0 Å². The first-order chi connectivity index (χ1) is 6.63. The van der Waals surface area contributed by atoms with Crippen LogP contribution in [0.5, 0.6) is 5.88 Å². The van der Waals surface area contributed by atoms with Crippen molar-refractivity contribution in [3.05, 3.63) is 30.1 Å². The Labute approximate surface area is 80.9 Å². The van der Waals surface area contributed by atoms with Gasteiger partial charge in [0.05, 0.1) is 7.11 Å². The predicted octanol–water partition coefficient (Wildman–Crippen LogP) is 0.657. The van der Waals surface area contributed by atoms with Crippen LogP contribution >= 0.6 is 0 Å². The van der Waals surface area contributed by atoms with E-state index in [2.05, 4.69) is 9.72 Å². The molecule has 0 aromatic carbocycles. The van der Waals surface area contributed by atoms with Crippen LogP contribution in [0.2, 0.25) is 0 Å². The summed E-state index contributed by atoms with van der Waals surface area (Å²) in [6.07, 6.45) is 2.97. The van der Waals surface area contributed by atoms with Gasteiger partial charge >= 0.3 is 0 Å². The molecule has 14 heavy (non-hydrogen) atoms. The Kier molecular flexibility index (Phi) is 3.39. The first-order valence-electron chi connectivity index (χ1n) is 3.94. The molecule has 2 N–H and O–H groups in total. The molecule has 0 aliphatic rings. The van der Waals surface area contributed by atoms with Crippen LogP contribution in [0.15, 0.2) is 12.3 Å². The fourth-order valence-corrected chi connectivity index (χ4v) is 0.920. The summed E-state index contributed by atoms with van der Waals surface area (Å²) in [5.41, 5.74) is 5.43. The van der Waals surface area contributed by atoms with Gasteiger partial charge < -0.3 is 10.5 Å². The molecule has 0 fully saturated rings. The Bertz CT molecular complexity index is 342. The molecule has 1 radical (unpaired) electrons. The van der Waals surface area contributed by atoms with Crippen molar-refractivity contribution in [3.63, 3.8) is 0 Å². The molecule has 1 amide bonds. The number of amides is 1.